The maximum Gasteiger partial charge on any atom is 0.246 e. The molecule has 0 aromatic heterocycles. The van der Waals surface area contributed by atoms with Crippen LogP contribution >= 0.6 is 0 Å². The van der Waals surface area contributed by atoms with Gasteiger partial charge in [-0.1, -0.05) is 0 Å². The summed E-state index contributed by atoms with van der Waals surface area (Å²) < 4.78 is 4.89. The van der Waals surface area contributed by atoms with E-state index in [9.17, 15) is 4.79 Å². The summed E-state index contributed by atoms with van der Waals surface area (Å²) in [5.74, 6) is -0.0536. The Bertz CT molecular complexity index is 107. The molecule has 0 bridgehead atoms. The molecule has 0 fully saturated rings. The van der Waals surface area contributed by atoms with Crippen LogP contribution in [0.25, 0.3) is 0 Å². The minimum absolute atomic E-state index is 0.0536. The molecule has 2 N–H and O–H groups in total. The van der Waals surface area contributed by atoms with Crippen LogP contribution in [0, 0.1) is 0 Å². The van der Waals surface area contributed by atoms with Gasteiger partial charge in [0.15, 0.2) is 0 Å². The van der Waals surface area contributed by atoms with Gasteiger partial charge in [0.05, 0.1) is 0 Å². The van der Waals surface area contributed by atoms with Crippen molar-refractivity contribution in [3.05, 3.63) is 0 Å². The van der Waals surface area contributed by atoms with Gasteiger partial charge in [-0.2, -0.15) is 0 Å². The smallest absolute Gasteiger partial charge is 0.246 e. The first kappa shape index (κ1) is 10.4. The van der Waals surface area contributed by atoms with Crippen LogP contribution in [0.1, 0.15) is 6.92 Å². The van der Waals surface area contributed by atoms with Gasteiger partial charge in [0.2, 0.25) is 5.91 Å². The Morgan fingerprint density at radius 3 is 2.73 bits per heavy atom. The lowest BCUT2D eigenvalue weighted by Crippen LogP contribution is -2.33. The summed E-state index contributed by atoms with van der Waals surface area (Å²) in [6.07, 6.45) is 0. The number of likely N-dealkylation sites (N-methyl/N-ethyl adjacent to an activating group) is 1. The molecule has 4 heteroatoms. The molecule has 0 heterocycles. The molecular formula is C7H16N2O2. The van der Waals surface area contributed by atoms with Crippen LogP contribution in [-0.4, -0.2) is 39.3 Å². The highest BCUT2D eigenvalue weighted by Crippen LogP contribution is 1.72. The quantitative estimate of drug-likeness (QED) is 0.508. The zero-order valence-electron chi connectivity index (χ0n) is 7.14. The molecule has 0 aliphatic rings. The first-order valence-corrected chi connectivity index (χ1v) is 3.80. The molecule has 0 saturated carbocycles. The predicted molar refractivity (Wildman–Crippen MR) is 43.4 cm³/mol. The Labute approximate surface area is 67.3 Å². The van der Waals surface area contributed by atoms with Crippen molar-refractivity contribution in [2.75, 3.05) is 33.4 Å². The lowest BCUT2D eigenvalue weighted by molar-refractivity contribution is -0.125. The highest BCUT2D eigenvalue weighted by atomic mass is 16.5. The lowest BCUT2D eigenvalue weighted by Gasteiger charge is -2.03. The Morgan fingerprint density at radius 2 is 2.18 bits per heavy atom. The van der Waals surface area contributed by atoms with E-state index in [1.54, 1.807) is 0 Å². The minimum atomic E-state index is -0.0536. The normalized spacial score (nSPS) is 9.64. The van der Waals surface area contributed by atoms with E-state index in [1.807, 2.05) is 14.0 Å². The summed E-state index contributed by atoms with van der Waals surface area (Å²) >= 11 is 0. The zero-order chi connectivity index (χ0) is 8.53. The molecule has 0 radical (unpaired) electrons. The molecule has 0 atom stereocenters. The highest BCUT2D eigenvalue weighted by molar-refractivity contribution is 5.77. The van der Waals surface area contributed by atoms with Crippen molar-refractivity contribution < 1.29 is 9.53 Å². The third-order valence-corrected chi connectivity index (χ3v) is 1.13. The number of hydrogen-bond acceptors (Lipinski definition) is 3. The van der Waals surface area contributed by atoms with Gasteiger partial charge < -0.3 is 15.4 Å². The van der Waals surface area contributed by atoms with Crippen LogP contribution in [-0.2, 0) is 9.53 Å². The third kappa shape index (κ3) is 7.29. The number of carbonyl (C=O) groups is 1. The van der Waals surface area contributed by atoms with Crippen molar-refractivity contribution in [2.24, 2.45) is 0 Å². The Morgan fingerprint density at radius 1 is 1.45 bits per heavy atom. The average Bonchev–Trinajstić information content (AvgIpc) is 2.01. The maximum atomic E-state index is 10.8. The molecule has 0 aromatic rings. The molecule has 1 amide bonds. The summed E-state index contributed by atoms with van der Waals surface area (Å²) in [5, 5.41) is 5.62. The Hall–Kier alpha value is -0.610. The van der Waals surface area contributed by atoms with E-state index in [-0.39, 0.29) is 12.5 Å². The van der Waals surface area contributed by atoms with Crippen molar-refractivity contribution in [2.45, 2.75) is 6.92 Å². The van der Waals surface area contributed by atoms with Gasteiger partial charge >= 0.3 is 0 Å². The van der Waals surface area contributed by atoms with Crippen molar-refractivity contribution in [1.29, 1.82) is 0 Å². The van der Waals surface area contributed by atoms with Crippen LogP contribution in [0.2, 0.25) is 0 Å². The molecule has 66 valence electrons. The second-order valence-corrected chi connectivity index (χ2v) is 2.09. The van der Waals surface area contributed by atoms with Gasteiger partial charge in [-0.05, 0) is 14.0 Å². The standard InChI is InChI=1S/C7H16N2O2/c1-3-11-6-7(10)9-5-4-8-2/h8H,3-6H2,1-2H3,(H,9,10). The van der Waals surface area contributed by atoms with Crippen molar-refractivity contribution in [1.82, 2.24) is 10.6 Å². The molecule has 11 heavy (non-hydrogen) atoms. The lowest BCUT2D eigenvalue weighted by atomic mass is 10.5. The second kappa shape index (κ2) is 7.50. The predicted octanol–water partition coefficient (Wildman–Crippen LogP) is -0.641. The zero-order valence-corrected chi connectivity index (χ0v) is 7.14. The number of nitrogens with one attached hydrogen (secondary N) is 2. The summed E-state index contributed by atoms with van der Waals surface area (Å²) in [6.45, 7) is 4.06. The second-order valence-electron chi connectivity index (χ2n) is 2.09. The average molecular weight is 160 g/mol. The van der Waals surface area contributed by atoms with Gasteiger partial charge in [-0.3, -0.25) is 4.79 Å². The van der Waals surface area contributed by atoms with Gasteiger partial charge in [0.1, 0.15) is 6.61 Å². The Kier molecular flexibility index (Phi) is 7.08. The SMILES string of the molecule is CCOCC(=O)NCCNC. The van der Waals surface area contributed by atoms with Crippen molar-refractivity contribution >= 4 is 5.91 Å². The molecule has 0 unspecified atom stereocenters. The van der Waals surface area contributed by atoms with E-state index in [4.69, 9.17) is 4.74 Å². The van der Waals surface area contributed by atoms with Crippen molar-refractivity contribution in [3.63, 3.8) is 0 Å². The van der Waals surface area contributed by atoms with E-state index in [2.05, 4.69) is 10.6 Å². The minimum Gasteiger partial charge on any atom is -0.372 e. The molecule has 0 aliphatic carbocycles. The number of rotatable bonds is 6. The van der Waals surface area contributed by atoms with Gasteiger partial charge in [0.25, 0.3) is 0 Å². The monoisotopic (exact) mass is 160 g/mol. The fourth-order valence-corrected chi connectivity index (χ4v) is 0.573. The number of ether oxygens (including phenoxy) is 1. The van der Waals surface area contributed by atoms with E-state index in [1.165, 1.54) is 0 Å². The van der Waals surface area contributed by atoms with Crippen molar-refractivity contribution in [3.8, 4) is 0 Å². The number of carbonyl (C=O) groups excluding carboxylic acids is 1. The first-order valence-electron chi connectivity index (χ1n) is 3.80. The molecule has 0 aromatic carbocycles. The largest absolute Gasteiger partial charge is 0.372 e. The summed E-state index contributed by atoms with van der Waals surface area (Å²) in [6, 6.07) is 0. The van der Waals surface area contributed by atoms with Gasteiger partial charge in [-0.15, -0.1) is 0 Å². The summed E-state index contributed by atoms with van der Waals surface area (Å²) in [7, 11) is 1.84. The van der Waals surface area contributed by atoms with E-state index in [0.717, 1.165) is 6.54 Å². The molecular weight excluding hydrogens is 144 g/mol. The summed E-state index contributed by atoms with van der Waals surface area (Å²) in [5.41, 5.74) is 0. The van der Waals surface area contributed by atoms with Gasteiger partial charge in [0, 0.05) is 19.7 Å². The summed E-state index contributed by atoms with van der Waals surface area (Å²) in [4.78, 5) is 10.8. The van der Waals surface area contributed by atoms with Crippen LogP contribution in [0.3, 0.4) is 0 Å². The topological polar surface area (TPSA) is 50.4 Å². The van der Waals surface area contributed by atoms with E-state index in [0.29, 0.717) is 13.2 Å². The highest BCUT2D eigenvalue weighted by Gasteiger charge is 1.97. The maximum absolute atomic E-state index is 10.8. The molecule has 0 spiro atoms. The van der Waals surface area contributed by atoms with Crippen LogP contribution < -0.4 is 10.6 Å². The molecule has 4 nitrogen and oxygen atoms in total. The third-order valence-electron chi connectivity index (χ3n) is 1.13. The van der Waals surface area contributed by atoms with Crippen LogP contribution in [0.5, 0.6) is 0 Å². The van der Waals surface area contributed by atoms with E-state index < -0.39 is 0 Å². The fraction of sp³-hybridized carbons (Fsp3) is 0.857. The van der Waals surface area contributed by atoms with E-state index >= 15 is 0 Å². The van der Waals surface area contributed by atoms with Gasteiger partial charge in [-0.25, -0.2) is 0 Å². The van der Waals surface area contributed by atoms with Crippen LogP contribution in [0.15, 0.2) is 0 Å². The number of amides is 1. The first-order chi connectivity index (χ1) is 5.31. The Balaban J connectivity index is 3.09. The molecule has 0 saturated heterocycles. The number of hydrogen-bond donors (Lipinski definition) is 2. The van der Waals surface area contributed by atoms with Crippen LogP contribution in [0.4, 0.5) is 0 Å². The molecule has 0 aliphatic heterocycles. The molecule has 0 rings (SSSR count). The fourth-order valence-electron chi connectivity index (χ4n) is 0.573.